The molecular formula is C16H29N3O3. The third-order valence-corrected chi connectivity index (χ3v) is 3.80. The van der Waals surface area contributed by atoms with E-state index in [4.69, 9.17) is 4.74 Å². The van der Waals surface area contributed by atoms with E-state index in [0.29, 0.717) is 25.0 Å². The number of nitrogens with one attached hydrogen (secondary N) is 2. The Morgan fingerprint density at radius 2 is 1.91 bits per heavy atom. The summed E-state index contributed by atoms with van der Waals surface area (Å²) in [7, 11) is 0. The Morgan fingerprint density at radius 3 is 2.55 bits per heavy atom. The van der Waals surface area contributed by atoms with E-state index in [1.54, 1.807) is 4.90 Å². The summed E-state index contributed by atoms with van der Waals surface area (Å²) in [5.74, 6) is 0.158. The van der Waals surface area contributed by atoms with Crippen molar-refractivity contribution in [2.45, 2.75) is 70.6 Å². The van der Waals surface area contributed by atoms with Gasteiger partial charge < -0.3 is 20.3 Å². The zero-order valence-corrected chi connectivity index (χ0v) is 14.0. The summed E-state index contributed by atoms with van der Waals surface area (Å²) in [6, 6.07) is 0.747. The van der Waals surface area contributed by atoms with Crippen LogP contribution in [-0.4, -0.2) is 54.2 Å². The molecular weight excluding hydrogens is 282 g/mol. The van der Waals surface area contributed by atoms with Gasteiger partial charge in [0.25, 0.3) is 0 Å². The molecule has 0 spiro atoms. The number of nitrogens with zero attached hydrogens (tertiary/aromatic N) is 1. The van der Waals surface area contributed by atoms with Gasteiger partial charge in [-0.15, -0.1) is 0 Å². The molecule has 6 nitrogen and oxygen atoms in total. The average molecular weight is 311 g/mol. The summed E-state index contributed by atoms with van der Waals surface area (Å²) in [6.45, 7) is 7.86. The molecule has 0 aromatic carbocycles. The standard InChI is InChI=1S/C16H29N3O3/c1-16(2,3)22-15(21)19-10-8-13(11-19)17-9-4-5-14(20)18-12-6-7-12/h12-13,17H,4-11H2,1-3H3,(H,18,20). The molecule has 0 radical (unpaired) electrons. The van der Waals surface area contributed by atoms with E-state index >= 15 is 0 Å². The Balaban J connectivity index is 1.56. The van der Waals surface area contributed by atoms with Gasteiger partial charge in [0, 0.05) is 31.6 Å². The Morgan fingerprint density at radius 1 is 1.18 bits per heavy atom. The van der Waals surface area contributed by atoms with Gasteiger partial charge in [0.15, 0.2) is 0 Å². The number of likely N-dealkylation sites (tertiary alicyclic amines) is 1. The van der Waals surface area contributed by atoms with E-state index in [1.165, 1.54) is 0 Å². The SMILES string of the molecule is CC(C)(C)OC(=O)N1CCC(NCCCC(=O)NC2CC2)C1. The highest BCUT2D eigenvalue weighted by Crippen LogP contribution is 2.18. The van der Waals surface area contributed by atoms with Gasteiger partial charge in [-0.05, 0) is 53.0 Å². The Hall–Kier alpha value is -1.30. The molecule has 22 heavy (non-hydrogen) atoms. The van der Waals surface area contributed by atoms with Crippen LogP contribution in [0.1, 0.15) is 52.9 Å². The molecule has 126 valence electrons. The summed E-state index contributed by atoms with van der Waals surface area (Å²) in [5.41, 5.74) is -0.447. The van der Waals surface area contributed by atoms with E-state index in [1.807, 2.05) is 20.8 Å². The third-order valence-electron chi connectivity index (χ3n) is 3.80. The molecule has 0 aromatic rings. The van der Waals surface area contributed by atoms with Crippen LogP contribution in [0.2, 0.25) is 0 Å². The first-order valence-electron chi connectivity index (χ1n) is 8.34. The lowest BCUT2D eigenvalue weighted by molar-refractivity contribution is -0.121. The fraction of sp³-hybridized carbons (Fsp3) is 0.875. The molecule has 1 atom stereocenters. The van der Waals surface area contributed by atoms with E-state index in [2.05, 4.69) is 10.6 Å². The van der Waals surface area contributed by atoms with Crippen molar-refractivity contribution >= 4 is 12.0 Å². The largest absolute Gasteiger partial charge is 0.444 e. The molecule has 2 amide bonds. The molecule has 2 rings (SSSR count). The predicted molar refractivity (Wildman–Crippen MR) is 84.6 cm³/mol. The van der Waals surface area contributed by atoms with Gasteiger partial charge in [0.05, 0.1) is 0 Å². The van der Waals surface area contributed by atoms with Crippen LogP contribution in [-0.2, 0) is 9.53 Å². The fourth-order valence-electron chi connectivity index (χ4n) is 2.50. The van der Waals surface area contributed by atoms with Crippen LogP contribution in [0.25, 0.3) is 0 Å². The Bertz CT molecular complexity index is 402. The van der Waals surface area contributed by atoms with Crippen LogP contribution >= 0.6 is 0 Å². The maximum absolute atomic E-state index is 12.0. The first kappa shape index (κ1) is 17.1. The van der Waals surface area contributed by atoms with Crippen LogP contribution in [0.5, 0.6) is 0 Å². The second kappa shape index (κ2) is 7.31. The molecule has 1 aliphatic carbocycles. The number of amides is 2. The van der Waals surface area contributed by atoms with Gasteiger partial charge in [-0.3, -0.25) is 4.79 Å². The van der Waals surface area contributed by atoms with Crippen molar-refractivity contribution in [3.05, 3.63) is 0 Å². The van der Waals surface area contributed by atoms with E-state index in [-0.39, 0.29) is 12.0 Å². The van der Waals surface area contributed by atoms with Crippen molar-refractivity contribution in [1.82, 2.24) is 15.5 Å². The summed E-state index contributed by atoms with van der Waals surface area (Å²) >= 11 is 0. The van der Waals surface area contributed by atoms with Crippen molar-refractivity contribution in [2.75, 3.05) is 19.6 Å². The highest BCUT2D eigenvalue weighted by molar-refractivity contribution is 5.76. The zero-order chi connectivity index (χ0) is 16.2. The van der Waals surface area contributed by atoms with Crippen molar-refractivity contribution in [1.29, 1.82) is 0 Å². The molecule has 0 bridgehead atoms. The van der Waals surface area contributed by atoms with Crippen LogP contribution in [0.3, 0.4) is 0 Å². The minimum Gasteiger partial charge on any atom is -0.444 e. The fourth-order valence-corrected chi connectivity index (χ4v) is 2.50. The van der Waals surface area contributed by atoms with Crippen molar-refractivity contribution in [3.63, 3.8) is 0 Å². The third kappa shape index (κ3) is 6.22. The highest BCUT2D eigenvalue weighted by Gasteiger charge is 2.29. The van der Waals surface area contributed by atoms with Gasteiger partial charge in [-0.2, -0.15) is 0 Å². The number of carbonyl (C=O) groups excluding carboxylic acids is 2. The second-order valence-corrected chi connectivity index (χ2v) is 7.31. The van der Waals surface area contributed by atoms with Gasteiger partial charge in [-0.25, -0.2) is 4.79 Å². The minimum atomic E-state index is -0.447. The first-order valence-corrected chi connectivity index (χ1v) is 8.34. The predicted octanol–water partition coefficient (Wildman–Crippen LogP) is 1.64. The van der Waals surface area contributed by atoms with Gasteiger partial charge in [0.2, 0.25) is 5.91 Å². The number of hydrogen-bond donors (Lipinski definition) is 2. The van der Waals surface area contributed by atoms with Crippen LogP contribution < -0.4 is 10.6 Å². The molecule has 1 heterocycles. The van der Waals surface area contributed by atoms with Crippen molar-refractivity contribution in [2.24, 2.45) is 0 Å². The smallest absolute Gasteiger partial charge is 0.410 e. The summed E-state index contributed by atoms with van der Waals surface area (Å²) in [5, 5.41) is 6.41. The van der Waals surface area contributed by atoms with Crippen molar-refractivity contribution < 1.29 is 14.3 Å². The lowest BCUT2D eigenvalue weighted by Crippen LogP contribution is -2.38. The molecule has 2 N–H and O–H groups in total. The van der Waals surface area contributed by atoms with Crippen molar-refractivity contribution in [3.8, 4) is 0 Å². The average Bonchev–Trinajstić information content (AvgIpc) is 3.07. The van der Waals surface area contributed by atoms with E-state index in [0.717, 1.165) is 38.8 Å². The molecule has 6 heteroatoms. The number of ether oxygens (including phenoxy) is 1. The van der Waals surface area contributed by atoms with Gasteiger partial charge in [0.1, 0.15) is 5.60 Å². The lowest BCUT2D eigenvalue weighted by Gasteiger charge is -2.24. The minimum absolute atomic E-state index is 0.158. The first-order chi connectivity index (χ1) is 10.3. The Kier molecular flexibility index (Phi) is 5.67. The van der Waals surface area contributed by atoms with E-state index in [9.17, 15) is 9.59 Å². The second-order valence-electron chi connectivity index (χ2n) is 7.31. The maximum Gasteiger partial charge on any atom is 0.410 e. The topological polar surface area (TPSA) is 70.7 Å². The van der Waals surface area contributed by atoms with E-state index < -0.39 is 5.60 Å². The Labute approximate surface area is 132 Å². The number of hydrogen-bond acceptors (Lipinski definition) is 4. The summed E-state index contributed by atoms with van der Waals surface area (Å²) in [6.07, 6.45) is 4.38. The quantitative estimate of drug-likeness (QED) is 0.732. The molecule has 1 saturated heterocycles. The van der Waals surface area contributed by atoms with Crippen LogP contribution in [0, 0.1) is 0 Å². The van der Waals surface area contributed by atoms with Gasteiger partial charge in [-0.1, -0.05) is 0 Å². The highest BCUT2D eigenvalue weighted by atomic mass is 16.6. The number of rotatable bonds is 6. The monoisotopic (exact) mass is 311 g/mol. The lowest BCUT2D eigenvalue weighted by atomic mass is 10.2. The molecule has 1 aliphatic heterocycles. The maximum atomic E-state index is 12.0. The molecule has 1 saturated carbocycles. The summed E-state index contributed by atoms with van der Waals surface area (Å²) in [4.78, 5) is 25.3. The molecule has 2 aliphatic rings. The molecule has 0 aromatic heterocycles. The number of carbonyl (C=O) groups is 2. The zero-order valence-electron chi connectivity index (χ0n) is 14.0. The normalized spacial score (nSPS) is 21.8. The molecule has 1 unspecified atom stereocenters. The molecule has 2 fully saturated rings. The van der Waals surface area contributed by atoms with Crippen LogP contribution in [0.15, 0.2) is 0 Å². The summed E-state index contributed by atoms with van der Waals surface area (Å²) < 4.78 is 5.38. The van der Waals surface area contributed by atoms with Gasteiger partial charge >= 0.3 is 6.09 Å². The van der Waals surface area contributed by atoms with Crippen LogP contribution in [0.4, 0.5) is 4.79 Å².